The van der Waals surface area contributed by atoms with Gasteiger partial charge in [0.05, 0.1) is 12.1 Å². The van der Waals surface area contributed by atoms with Crippen LogP contribution in [0, 0.1) is 11.3 Å². The van der Waals surface area contributed by atoms with Crippen LogP contribution in [0.5, 0.6) is 0 Å². The number of hydrogen-bond acceptors (Lipinski definition) is 2. The molecule has 114 valence electrons. The molecule has 4 rings (SSSR count). The van der Waals surface area contributed by atoms with E-state index in [4.69, 9.17) is 0 Å². The van der Waals surface area contributed by atoms with E-state index in [0.29, 0.717) is 22.9 Å². The number of nitrogens with zero attached hydrogens (tertiary/aromatic N) is 2. The van der Waals surface area contributed by atoms with Crippen LogP contribution in [0.15, 0.2) is 77.7 Å². The van der Waals surface area contributed by atoms with Crippen LogP contribution in [0.25, 0.3) is 21.5 Å². The second kappa shape index (κ2) is 5.68. The van der Waals surface area contributed by atoms with Crippen LogP contribution in [-0.2, 0) is 6.54 Å². The van der Waals surface area contributed by atoms with Crippen molar-refractivity contribution in [3.05, 3.63) is 94.4 Å². The molecule has 4 aromatic rings. The van der Waals surface area contributed by atoms with Gasteiger partial charge >= 0.3 is 0 Å². The first kappa shape index (κ1) is 14.2. The minimum atomic E-state index is -0.0715. The third kappa shape index (κ3) is 2.35. The lowest BCUT2D eigenvalue weighted by atomic mass is 10.1. The molecular weight excluding hydrogens is 296 g/mol. The Morgan fingerprint density at radius 2 is 1.58 bits per heavy atom. The van der Waals surface area contributed by atoms with Crippen LogP contribution in [0.3, 0.4) is 0 Å². The van der Waals surface area contributed by atoms with E-state index in [9.17, 15) is 10.1 Å². The van der Waals surface area contributed by atoms with Gasteiger partial charge in [-0.1, -0.05) is 54.6 Å². The average molecular weight is 310 g/mol. The second-order valence-electron chi connectivity index (χ2n) is 5.81. The topological polar surface area (TPSA) is 45.8 Å². The summed E-state index contributed by atoms with van der Waals surface area (Å²) in [4.78, 5) is 12.7. The van der Waals surface area contributed by atoms with Crippen molar-refractivity contribution < 1.29 is 0 Å². The Labute approximate surface area is 139 Å². The number of benzene rings is 3. The van der Waals surface area contributed by atoms with E-state index in [2.05, 4.69) is 30.3 Å². The molecule has 0 bridgehead atoms. The summed E-state index contributed by atoms with van der Waals surface area (Å²) >= 11 is 0. The standard InChI is InChI=1S/C21H14N2O/c22-12-18-14-23(21(24)20-8-4-3-7-19(18)20)13-15-9-10-16-5-1-2-6-17(16)11-15/h1-11,14H,13H2. The number of pyridine rings is 1. The molecule has 3 aromatic carbocycles. The minimum Gasteiger partial charge on any atom is -0.309 e. The highest BCUT2D eigenvalue weighted by Gasteiger charge is 2.08. The van der Waals surface area contributed by atoms with Crippen molar-refractivity contribution in [1.29, 1.82) is 5.26 Å². The normalized spacial score (nSPS) is 10.8. The average Bonchev–Trinajstić information content (AvgIpc) is 2.64. The van der Waals surface area contributed by atoms with Crippen molar-refractivity contribution in [3.8, 4) is 6.07 Å². The second-order valence-corrected chi connectivity index (χ2v) is 5.81. The zero-order valence-corrected chi connectivity index (χ0v) is 12.9. The summed E-state index contributed by atoms with van der Waals surface area (Å²) in [6.45, 7) is 0.448. The third-order valence-corrected chi connectivity index (χ3v) is 4.28. The quantitative estimate of drug-likeness (QED) is 0.560. The highest BCUT2D eigenvalue weighted by molar-refractivity contribution is 5.87. The molecule has 0 N–H and O–H groups in total. The molecule has 0 fully saturated rings. The van der Waals surface area contributed by atoms with Crippen molar-refractivity contribution >= 4 is 21.5 Å². The van der Waals surface area contributed by atoms with E-state index in [-0.39, 0.29) is 5.56 Å². The van der Waals surface area contributed by atoms with E-state index in [0.717, 1.165) is 10.9 Å². The molecule has 0 saturated carbocycles. The van der Waals surface area contributed by atoms with Crippen molar-refractivity contribution in [1.82, 2.24) is 4.57 Å². The van der Waals surface area contributed by atoms with E-state index in [1.165, 1.54) is 5.39 Å². The minimum absolute atomic E-state index is 0.0715. The molecule has 3 nitrogen and oxygen atoms in total. The maximum Gasteiger partial charge on any atom is 0.258 e. The Morgan fingerprint density at radius 1 is 0.875 bits per heavy atom. The largest absolute Gasteiger partial charge is 0.309 e. The summed E-state index contributed by atoms with van der Waals surface area (Å²) in [6.07, 6.45) is 1.65. The van der Waals surface area contributed by atoms with Crippen molar-refractivity contribution in [2.45, 2.75) is 6.54 Å². The van der Waals surface area contributed by atoms with Crippen molar-refractivity contribution in [2.24, 2.45) is 0 Å². The number of hydrogen-bond donors (Lipinski definition) is 0. The van der Waals surface area contributed by atoms with Gasteiger partial charge in [-0.05, 0) is 28.5 Å². The first-order chi connectivity index (χ1) is 11.8. The molecule has 0 radical (unpaired) electrons. The Kier molecular flexibility index (Phi) is 3.36. The summed E-state index contributed by atoms with van der Waals surface area (Å²) in [5, 5.41) is 13.0. The predicted octanol–water partition coefficient (Wildman–Crippen LogP) is 4.07. The summed E-state index contributed by atoms with van der Waals surface area (Å²) in [6, 6.07) is 23.8. The number of aromatic nitrogens is 1. The summed E-state index contributed by atoms with van der Waals surface area (Å²) < 4.78 is 1.62. The smallest absolute Gasteiger partial charge is 0.258 e. The molecule has 0 aliphatic carbocycles. The summed E-state index contributed by atoms with van der Waals surface area (Å²) in [5.41, 5.74) is 1.48. The van der Waals surface area contributed by atoms with E-state index in [1.54, 1.807) is 16.8 Å². The van der Waals surface area contributed by atoms with Crippen LogP contribution in [0.4, 0.5) is 0 Å². The lowest BCUT2D eigenvalue weighted by molar-refractivity contribution is 0.767. The lowest BCUT2D eigenvalue weighted by Gasteiger charge is -2.10. The lowest BCUT2D eigenvalue weighted by Crippen LogP contribution is -2.21. The molecule has 1 heterocycles. The van der Waals surface area contributed by atoms with Gasteiger partial charge in [0.2, 0.25) is 0 Å². The molecule has 0 aliphatic rings. The predicted molar refractivity (Wildman–Crippen MR) is 96.0 cm³/mol. The fourth-order valence-corrected chi connectivity index (χ4v) is 3.08. The van der Waals surface area contributed by atoms with E-state index >= 15 is 0 Å². The van der Waals surface area contributed by atoms with Gasteiger partial charge in [0.15, 0.2) is 0 Å². The van der Waals surface area contributed by atoms with Crippen LogP contribution < -0.4 is 5.56 Å². The monoisotopic (exact) mass is 310 g/mol. The summed E-state index contributed by atoms with van der Waals surface area (Å²) in [5.74, 6) is 0. The van der Waals surface area contributed by atoms with Crippen LogP contribution in [-0.4, -0.2) is 4.57 Å². The molecule has 0 saturated heterocycles. The number of nitriles is 1. The van der Waals surface area contributed by atoms with E-state index < -0.39 is 0 Å². The number of fused-ring (bicyclic) bond motifs is 2. The molecule has 24 heavy (non-hydrogen) atoms. The third-order valence-electron chi connectivity index (χ3n) is 4.28. The van der Waals surface area contributed by atoms with E-state index in [1.807, 2.05) is 36.4 Å². The first-order valence-corrected chi connectivity index (χ1v) is 7.76. The van der Waals surface area contributed by atoms with Crippen LogP contribution in [0.1, 0.15) is 11.1 Å². The molecule has 0 amide bonds. The van der Waals surface area contributed by atoms with Gasteiger partial charge in [0, 0.05) is 17.0 Å². The maximum absolute atomic E-state index is 12.7. The van der Waals surface area contributed by atoms with Crippen LogP contribution in [0.2, 0.25) is 0 Å². The Bertz CT molecular complexity index is 1170. The van der Waals surface area contributed by atoms with Gasteiger partial charge in [-0.25, -0.2) is 0 Å². The van der Waals surface area contributed by atoms with Crippen LogP contribution >= 0.6 is 0 Å². The highest BCUT2D eigenvalue weighted by atomic mass is 16.1. The zero-order chi connectivity index (χ0) is 16.5. The fourth-order valence-electron chi connectivity index (χ4n) is 3.08. The molecule has 1 aromatic heterocycles. The van der Waals surface area contributed by atoms with Crippen molar-refractivity contribution in [2.75, 3.05) is 0 Å². The van der Waals surface area contributed by atoms with Crippen molar-refractivity contribution in [3.63, 3.8) is 0 Å². The zero-order valence-electron chi connectivity index (χ0n) is 12.9. The Hall–Kier alpha value is -3.38. The maximum atomic E-state index is 12.7. The van der Waals surface area contributed by atoms with Gasteiger partial charge < -0.3 is 4.57 Å². The molecule has 0 unspecified atom stereocenters. The highest BCUT2D eigenvalue weighted by Crippen LogP contribution is 2.18. The fraction of sp³-hybridized carbons (Fsp3) is 0.0476. The molecule has 0 aliphatic heterocycles. The van der Waals surface area contributed by atoms with Gasteiger partial charge in [0.1, 0.15) is 6.07 Å². The first-order valence-electron chi connectivity index (χ1n) is 7.76. The molecular formula is C21H14N2O. The molecule has 0 atom stereocenters. The van der Waals surface area contributed by atoms with Gasteiger partial charge in [-0.2, -0.15) is 5.26 Å². The van der Waals surface area contributed by atoms with Gasteiger partial charge in [-0.3, -0.25) is 4.79 Å². The number of rotatable bonds is 2. The van der Waals surface area contributed by atoms with Gasteiger partial charge in [-0.15, -0.1) is 0 Å². The SMILES string of the molecule is N#Cc1cn(Cc2ccc3ccccc3c2)c(=O)c2ccccc12. The van der Waals surface area contributed by atoms with Gasteiger partial charge in [0.25, 0.3) is 5.56 Å². The molecule has 3 heteroatoms. The summed E-state index contributed by atoms with van der Waals surface area (Å²) in [7, 11) is 0. The molecule has 0 spiro atoms. The Morgan fingerprint density at radius 3 is 2.38 bits per heavy atom. The Balaban J connectivity index is 1.85.